The average Bonchev–Trinajstić information content (AvgIpc) is 2.53. The highest BCUT2D eigenvalue weighted by molar-refractivity contribution is 5.87. The number of unbranched alkanes of at least 4 members (excludes halogenated alkanes) is 6. The van der Waals surface area contributed by atoms with Gasteiger partial charge in [-0.15, -0.1) is 0 Å². The minimum Gasteiger partial charge on any atom is -0.481 e. The van der Waals surface area contributed by atoms with Gasteiger partial charge in [-0.05, 0) is 25.2 Å². The molecule has 0 bridgehead atoms. The average molecular weight is 341 g/mol. The molecule has 24 heavy (non-hydrogen) atoms. The van der Waals surface area contributed by atoms with E-state index in [1.54, 1.807) is 0 Å². The van der Waals surface area contributed by atoms with Crippen LogP contribution in [0.2, 0.25) is 0 Å². The molecule has 0 heterocycles. The molecule has 2 atom stereocenters. The van der Waals surface area contributed by atoms with Crippen LogP contribution < -0.4 is 0 Å². The second-order valence-corrected chi connectivity index (χ2v) is 7.90. The predicted molar refractivity (Wildman–Crippen MR) is 96.1 cm³/mol. The van der Waals surface area contributed by atoms with Crippen LogP contribution in [0.1, 0.15) is 97.8 Å². The quantitative estimate of drug-likeness (QED) is 0.487. The molecule has 1 saturated carbocycles. The highest BCUT2D eigenvalue weighted by atomic mass is 16.4. The van der Waals surface area contributed by atoms with Crippen LogP contribution in [0.5, 0.6) is 0 Å². The lowest BCUT2D eigenvalue weighted by atomic mass is 9.50. The minimum atomic E-state index is -1.13. The molecular weight excluding hydrogens is 304 g/mol. The summed E-state index contributed by atoms with van der Waals surface area (Å²) >= 11 is 0. The van der Waals surface area contributed by atoms with Crippen molar-refractivity contribution in [3.05, 3.63) is 0 Å². The molecule has 2 unspecified atom stereocenters. The third-order valence-electron chi connectivity index (χ3n) is 6.26. The van der Waals surface area contributed by atoms with Gasteiger partial charge in [-0.3, -0.25) is 9.59 Å². The lowest BCUT2D eigenvalue weighted by molar-refractivity contribution is -0.187. The van der Waals surface area contributed by atoms with Crippen LogP contribution in [0, 0.1) is 16.7 Å². The molecular formula is C20H36O4. The fourth-order valence-electron chi connectivity index (χ4n) is 4.83. The first-order valence-corrected chi connectivity index (χ1v) is 9.82. The first kappa shape index (κ1) is 21.0. The number of carbonyl (C=O) groups is 2. The van der Waals surface area contributed by atoms with Gasteiger partial charge in [0.05, 0.1) is 10.8 Å². The summed E-state index contributed by atoms with van der Waals surface area (Å²) in [6.07, 6.45) is 11.0. The number of rotatable bonds is 11. The largest absolute Gasteiger partial charge is 0.481 e. The summed E-state index contributed by atoms with van der Waals surface area (Å²) in [5.41, 5.74) is -2.23. The third-order valence-corrected chi connectivity index (χ3v) is 6.26. The summed E-state index contributed by atoms with van der Waals surface area (Å²) in [7, 11) is 0. The van der Waals surface area contributed by atoms with E-state index in [0.29, 0.717) is 19.3 Å². The van der Waals surface area contributed by atoms with E-state index >= 15 is 0 Å². The van der Waals surface area contributed by atoms with Crippen molar-refractivity contribution in [2.24, 2.45) is 16.7 Å². The molecule has 4 heteroatoms. The Hall–Kier alpha value is -1.06. The van der Waals surface area contributed by atoms with Crippen LogP contribution in [0.25, 0.3) is 0 Å². The zero-order chi connectivity index (χ0) is 18.2. The predicted octanol–water partition coefficient (Wildman–Crippen LogP) is 5.50. The Morgan fingerprint density at radius 2 is 1.42 bits per heavy atom. The van der Waals surface area contributed by atoms with E-state index in [1.165, 1.54) is 25.7 Å². The molecule has 0 aromatic heterocycles. The van der Waals surface area contributed by atoms with Gasteiger partial charge in [-0.25, -0.2) is 0 Å². The Morgan fingerprint density at radius 1 is 0.875 bits per heavy atom. The lowest BCUT2D eigenvalue weighted by Gasteiger charge is -2.51. The number of aliphatic carboxylic acids is 2. The Bertz CT molecular complexity index is 418. The summed E-state index contributed by atoms with van der Waals surface area (Å²) in [6.45, 7) is 5.95. The molecule has 0 aromatic carbocycles. The van der Waals surface area contributed by atoms with Crippen LogP contribution in [-0.4, -0.2) is 22.2 Å². The van der Waals surface area contributed by atoms with Crippen molar-refractivity contribution in [2.45, 2.75) is 97.8 Å². The van der Waals surface area contributed by atoms with Gasteiger partial charge in [-0.1, -0.05) is 78.6 Å². The molecule has 4 nitrogen and oxygen atoms in total. The highest BCUT2D eigenvalue weighted by Crippen LogP contribution is 2.58. The zero-order valence-corrected chi connectivity index (χ0v) is 15.8. The Kier molecular flexibility index (Phi) is 8.24. The fraction of sp³-hybridized carbons (Fsp3) is 0.900. The lowest BCUT2D eigenvalue weighted by Crippen LogP contribution is -2.57. The minimum absolute atomic E-state index is 0.170. The molecule has 0 saturated heterocycles. The number of hydrogen-bond donors (Lipinski definition) is 2. The first-order chi connectivity index (χ1) is 11.3. The van der Waals surface area contributed by atoms with Crippen LogP contribution in [0.4, 0.5) is 0 Å². The molecule has 0 aromatic rings. The Labute approximate surface area is 147 Å². The van der Waals surface area contributed by atoms with Crippen LogP contribution in [0.3, 0.4) is 0 Å². The standard InChI is InChI=1S/C20H36O4/c1-4-5-6-7-8-9-10-13-19(17(21)22)14-11-12-15-20(19,16(2)3)18(23)24/h16H,4-15H2,1-3H3,(H,21,22)(H,23,24). The molecule has 1 aliphatic rings. The highest BCUT2D eigenvalue weighted by Gasteiger charge is 2.63. The smallest absolute Gasteiger partial charge is 0.311 e. The summed E-state index contributed by atoms with van der Waals surface area (Å²) in [5.74, 6) is -1.98. The van der Waals surface area contributed by atoms with Gasteiger partial charge in [0.25, 0.3) is 0 Å². The molecule has 0 aliphatic heterocycles. The van der Waals surface area contributed by atoms with Crippen molar-refractivity contribution < 1.29 is 19.8 Å². The van der Waals surface area contributed by atoms with E-state index in [1.807, 2.05) is 13.8 Å². The van der Waals surface area contributed by atoms with E-state index in [9.17, 15) is 19.8 Å². The summed E-state index contributed by atoms with van der Waals surface area (Å²) < 4.78 is 0. The van der Waals surface area contributed by atoms with Crippen molar-refractivity contribution in [2.75, 3.05) is 0 Å². The summed E-state index contributed by atoms with van der Waals surface area (Å²) in [5, 5.41) is 20.0. The second-order valence-electron chi connectivity index (χ2n) is 7.90. The molecule has 1 fully saturated rings. The second kappa shape index (κ2) is 9.43. The molecule has 0 radical (unpaired) electrons. The van der Waals surface area contributed by atoms with Gasteiger partial charge < -0.3 is 10.2 Å². The van der Waals surface area contributed by atoms with Crippen LogP contribution >= 0.6 is 0 Å². The maximum atomic E-state index is 12.2. The topological polar surface area (TPSA) is 74.6 Å². The van der Waals surface area contributed by atoms with Gasteiger partial charge >= 0.3 is 11.9 Å². The van der Waals surface area contributed by atoms with Gasteiger partial charge in [0.1, 0.15) is 0 Å². The molecule has 2 N–H and O–H groups in total. The first-order valence-electron chi connectivity index (χ1n) is 9.82. The maximum absolute atomic E-state index is 12.2. The SMILES string of the molecule is CCCCCCCCCC1(C(=O)O)CCCCC1(C(=O)O)C(C)C. The van der Waals surface area contributed by atoms with Crippen LogP contribution in [0.15, 0.2) is 0 Å². The number of carboxylic acids is 2. The van der Waals surface area contributed by atoms with Crippen molar-refractivity contribution in [3.8, 4) is 0 Å². The summed E-state index contributed by atoms with van der Waals surface area (Å²) in [4.78, 5) is 24.4. The van der Waals surface area contributed by atoms with E-state index in [4.69, 9.17) is 0 Å². The fourth-order valence-corrected chi connectivity index (χ4v) is 4.83. The van der Waals surface area contributed by atoms with Crippen molar-refractivity contribution in [3.63, 3.8) is 0 Å². The normalized spacial score (nSPS) is 27.3. The van der Waals surface area contributed by atoms with Gasteiger partial charge in [0, 0.05) is 0 Å². The number of carboxylic acid groups (broad SMARTS) is 2. The molecule has 140 valence electrons. The molecule has 1 rings (SSSR count). The summed E-state index contributed by atoms with van der Waals surface area (Å²) in [6, 6.07) is 0. The Morgan fingerprint density at radius 3 is 1.92 bits per heavy atom. The Balaban J connectivity index is 2.83. The van der Waals surface area contributed by atoms with Gasteiger partial charge in [-0.2, -0.15) is 0 Å². The molecule has 1 aliphatic carbocycles. The third kappa shape index (κ3) is 4.12. The van der Waals surface area contributed by atoms with E-state index in [0.717, 1.165) is 32.1 Å². The number of hydrogen-bond acceptors (Lipinski definition) is 2. The van der Waals surface area contributed by atoms with Crippen LogP contribution in [-0.2, 0) is 9.59 Å². The van der Waals surface area contributed by atoms with E-state index in [2.05, 4.69) is 6.92 Å². The van der Waals surface area contributed by atoms with Crippen molar-refractivity contribution >= 4 is 11.9 Å². The monoisotopic (exact) mass is 340 g/mol. The molecule has 0 spiro atoms. The van der Waals surface area contributed by atoms with Gasteiger partial charge in [0.2, 0.25) is 0 Å². The van der Waals surface area contributed by atoms with E-state index < -0.39 is 22.8 Å². The van der Waals surface area contributed by atoms with Gasteiger partial charge in [0.15, 0.2) is 0 Å². The van der Waals surface area contributed by atoms with Crippen molar-refractivity contribution in [1.29, 1.82) is 0 Å². The van der Waals surface area contributed by atoms with E-state index in [-0.39, 0.29) is 5.92 Å². The maximum Gasteiger partial charge on any atom is 0.311 e. The zero-order valence-electron chi connectivity index (χ0n) is 15.8. The molecule has 0 amide bonds. The van der Waals surface area contributed by atoms with Crippen molar-refractivity contribution in [1.82, 2.24) is 0 Å².